The lowest BCUT2D eigenvalue weighted by Crippen LogP contribution is -2.28. The largest absolute Gasteiger partial charge is 0.493 e. The molecule has 0 aliphatic carbocycles. The van der Waals surface area contributed by atoms with E-state index in [2.05, 4.69) is 21.2 Å². The summed E-state index contributed by atoms with van der Waals surface area (Å²) in [6, 6.07) is 3.41. The van der Waals surface area contributed by atoms with Crippen LogP contribution in [0.5, 0.6) is 11.5 Å². The number of hydrogen-bond acceptors (Lipinski definition) is 5. The number of methoxy groups -OCH3 is 3. The minimum Gasteiger partial charge on any atom is -0.493 e. The highest BCUT2D eigenvalue weighted by Gasteiger charge is 2.15. The van der Waals surface area contributed by atoms with Crippen LogP contribution in [0.1, 0.15) is 6.42 Å². The minimum atomic E-state index is -0.297. The molecule has 120 valence electrons. The van der Waals surface area contributed by atoms with E-state index >= 15 is 0 Å². The molecule has 0 saturated carbocycles. The SMILES string of the molecule is COc1cc(Br)c(NC(=O)CC(CN)OC)cc1OC.Cl. The highest BCUT2D eigenvalue weighted by atomic mass is 79.9. The molecule has 0 bridgehead atoms. The maximum absolute atomic E-state index is 11.9. The van der Waals surface area contributed by atoms with E-state index in [0.29, 0.717) is 21.7 Å². The van der Waals surface area contributed by atoms with Crippen molar-refractivity contribution in [1.82, 2.24) is 0 Å². The number of halogens is 2. The number of benzene rings is 1. The number of anilines is 1. The Labute approximate surface area is 138 Å². The number of carbonyl (C=O) groups is 1. The van der Waals surface area contributed by atoms with Crippen molar-refractivity contribution in [1.29, 1.82) is 0 Å². The molecular weight excluding hydrogens is 364 g/mol. The van der Waals surface area contributed by atoms with Gasteiger partial charge in [-0.25, -0.2) is 0 Å². The number of nitrogens with one attached hydrogen (secondary N) is 1. The standard InChI is InChI=1S/C13H19BrN2O4.ClH/c1-18-8(7-15)4-13(17)16-10-6-12(20-3)11(19-2)5-9(10)14;/h5-6,8H,4,7,15H2,1-3H3,(H,16,17);1H. The molecule has 6 nitrogen and oxygen atoms in total. The molecule has 0 heterocycles. The lowest BCUT2D eigenvalue weighted by Gasteiger charge is -2.15. The number of hydrogen-bond donors (Lipinski definition) is 2. The molecule has 1 atom stereocenters. The number of amides is 1. The van der Waals surface area contributed by atoms with Crippen LogP contribution >= 0.6 is 28.3 Å². The lowest BCUT2D eigenvalue weighted by atomic mass is 10.2. The van der Waals surface area contributed by atoms with E-state index in [0.717, 1.165) is 0 Å². The summed E-state index contributed by atoms with van der Waals surface area (Å²) < 4.78 is 16.1. The normalized spacial score (nSPS) is 11.3. The van der Waals surface area contributed by atoms with Gasteiger partial charge in [0.2, 0.25) is 5.91 Å². The van der Waals surface area contributed by atoms with Crippen LogP contribution in [-0.2, 0) is 9.53 Å². The Morgan fingerprint density at radius 3 is 2.33 bits per heavy atom. The van der Waals surface area contributed by atoms with E-state index in [1.165, 1.54) is 14.2 Å². The van der Waals surface area contributed by atoms with Gasteiger partial charge in [-0.05, 0) is 15.9 Å². The van der Waals surface area contributed by atoms with Crippen LogP contribution in [0.15, 0.2) is 16.6 Å². The van der Waals surface area contributed by atoms with Crippen molar-refractivity contribution >= 4 is 39.9 Å². The zero-order valence-corrected chi connectivity index (χ0v) is 14.5. The van der Waals surface area contributed by atoms with Gasteiger partial charge in [-0.1, -0.05) is 0 Å². The van der Waals surface area contributed by atoms with Crippen LogP contribution in [0.4, 0.5) is 5.69 Å². The minimum absolute atomic E-state index is 0. The van der Waals surface area contributed by atoms with Crippen molar-refractivity contribution in [2.45, 2.75) is 12.5 Å². The molecule has 0 fully saturated rings. The summed E-state index contributed by atoms with van der Waals surface area (Å²) in [7, 11) is 4.61. The fourth-order valence-corrected chi connectivity index (χ4v) is 2.04. The maximum Gasteiger partial charge on any atom is 0.227 e. The first kappa shape index (κ1) is 20.0. The van der Waals surface area contributed by atoms with E-state index < -0.39 is 0 Å². The average molecular weight is 384 g/mol. The van der Waals surface area contributed by atoms with Gasteiger partial charge in [-0.15, -0.1) is 12.4 Å². The van der Waals surface area contributed by atoms with Crippen LogP contribution in [0, 0.1) is 0 Å². The van der Waals surface area contributed by atoms with Gasteiger partial charge in [0.1, 0.15) is 0 Å². The molecule has 0 aliphatic heterocycles. The zero-order valence-electron chi connectivity index (χ0n) is 12.1. The Morgan fingerprint density at radius 2 is 1.86 bits per heavy atom. The van der Waals surface area contributed by atoms with Crippen LogP contribution < -0.4 is 20.5 Å². The summed E-state index contributed by atoms with van der Waals surface area (Å²) in [6.07, 6.45) is -0.109. The summed E-state index contributed by atoms with van der Waals surface area (Å²) in [5.74, 6) is 0.928. The molecule has 1 aromatic carbocycles. The highest BCUT2D eigenvalue weighted by Crippen LogP contribution is 2.36. The van der Waals surface area contributed by atoms with E-state index in [-0.39, 0.29) is 37.4 Å². The van der Waals surface area contributed by atoms with Crippen molar-refractivity contribution in [3.63, 3.8) is 0 Å². The predicted octanol–water partition coefficient (Wildman–Crippen LogP) is 2.19. The van der Waals surface area contributed by atoms with Gasteiger partial charge < -0.3 is 25.3 Å². The molecule has 0 aliphatic rings. The van der Waals surface area contributed by atoms with E-state index in [4.69, 9.17) is 19.9 Å². The first-order valence-corrected chi connectivity index (χ1v) is 6.79. The van der Waals surface area contributed by atoms with Crippen molar-refractivity contribution in [3.8, 4) is 11.5 Å². The van der Waals surface area contributed by atoms with Crippen molar-refractivity contribution < 1.29 is 19.0 Å². The van der Waals surface area contributed by atoms with Crippen LogP contribution in [0.3, 0.4) is 0 Å². The molecule has 0 radical (unpaired) electrons. The Kier molecular flexibility index (Phi) is 9.36. The highest BCUT2D eigenvalue weighted by molar-refractivity contribution is 9.10. The van der Waals surface area contributed by atoms with E-state index in [1.807, 2.05) is 0 Å². The Balaban J connectivity index is 0.00000400. The lowest BCUT2D eigenvalue weighted by molar-refractivity contribution is -0.118. The first-order valence-electron chi connectivity index (χ1n) is 5.99. The topological polar surface area (TPSA) is 82.8 Å². The van der Waals surface area contributed by atoms with Crippen LogP contribution in [-0.4, -0.2) is 39.9 Å². The monoisotopic (exact) mass is 382 g/mol. The van der Waals surface area contributed by atoms with Crippen LogP contribution in [0.25, 0.3) is 0 Å². The molecule has 1 rings (SSSR count). The van der Waals surface area contributed by atoms with Crippen molar-refractivity contribution in [2.24, 2.45) is 5.73 Å². The fourth-order valence-electron chi connectivity index (χ4n) is 1.62. The number of nitrogens with two attached hydrogens (primary N) is 1. The molecule has 0 saturated heterocycles. The van der Waals surface area contributed by atoms with Gasteiger partial charge in [0.15, 0.2) is 11.5 Å². The van der Waals surface area contributed by atoms with Gasteiger partial charge in [-0.3, -0.25) is 4.79 Å². The molecule has 1 unspecified atom stereocenters. The average Bonchev–Trinajstić information content (AvgIpc) is 2.46. The molecule has 0 spiro atoms. The van der Waals surface area contributed by atoms with Gasteiger partial charge in [-0.2, -0.15) is 0 Å². The third kappa shape index (κ3) is 5.70. The quantitative estimate of drug-likeness (QED) is 0.754. The smallest absolute Gasteiger partial charge is 0.227 e. The number of rotatable bonds is 7. The second-order valence-corrected chi connectivity index (χ2v) is 4.89. The molecule has 8 heteroatoms. The fraction of sp³-hybridized carbons (Fsp3) is 0.462. The summed E-state index contributed by atoms with van der Waals surface area (Å²) in [6.45, 7) is 0.289. The zero-order chi connectivity index (χ0) is 15.1. The Morgan fingerprint density at radius 1 is 1.29 bits per heavy atom. The molecule has 1 amide bonds. The Bertz CT molecular complexity index is 470. The Hall–Kier alpha value is -1.02. The number of ether oxygens (including phenoxy) is 3. The van der Waals surface area contributed by atoms with E-state index in [1.54, 1.807) is 19.2 Å². The molecule has 21 heavy (non-hydrogen) atoms. The van der Waals surface area contributed by atoms with Gasteiger partial charge in [0, 0.05) is 30.3 Å². The third-order valence-corrected chi connectivity index (χ3v) is 3.41. The second-order valence-electron chi connectivity index (χ2n) is 4.03. The van der Waals surface area contributed by atoms with Gasteiger partial charge in [0.25, 0.3) is 0 Å². The molecular formula is C13H20BrClN2O4. The molecule has 3 N–H and O–H groups in total. The summed E-state index contributed by atoms with van der Waals surface area (Å²) >= 11 is 3.37. The summed E-state index contributed by atoms with van der Waals surface area (Å²) in [5, 5.41) is 2.78. The maximum atomic E-state index is 11.9. The summed E-state index contributed by atoms with van der Waals surface area (Å²) in [5.41, 5.74) is 6.08. The van der Waals surface area contributed by atoms with E-state index in [9.17, 15) is 4.79 Å². The molecule has 1 aromatic rings. The summed E-state index contributed by atoms with van der Waals surface area (Å²) in [4.78, 5) is 11.9. The molecule has 0 aromatic heterocycles. The second kappa shape index (κ2) is 9.83. The van der Waals surface area contributed by atoms with Crippen molar-refractivity contribution in [3.05, 3.63) is 16.6 Å². The first-order chi connectivity index (χ1) is 9.55. The van der Waals surface area contributed by atoms with Crippen LogP contribution in [0.2, 0.25) is 0 Å². The van der Waals surface area contributed by atoms with Gasteiger partial charge in [0.05, 0.1) is 32.4 Å². The van der Waals surface area contributed by atoms with Gasteiger partial charge >= 0.3 is 0 Å². The third-order valence-electron chi connectivity index (χ3n) is 2.76. The number of carbonyl (C=O) groups excluding carboxylic acids is 1. The van der Waals surface area contributed by atoms with Crippen molar-refractivity contribution in [2.75, 3.05) is 33.2 Å². The predicted molar refractivity (Wildman–Crippen MR) is 87.6 cm³/mol.